The molecule has 3 N–H and O–H groups in total. The summed E-state index contributed by atoms with van der Waals surface area (Å²) in [5, 5.41) is 0. The monoisotopic (exact) mass is 375 g/mol. The van der Waals surface area contributed by atoms with Crippen LogP contribution in [0, 0.1) is 0 Å². The molecule has 116 valence electrons. The van der Waals surface area contributed by atoms with Crippen molar-refractivity contribution < 1.29 is 13.2 Å². The van der Waals surface area contributed by atoms with Gasteiger partial charge in [0, 0.05) is 23.2 Å². The third kappa shape index (κ3) is 3.75. The molecule has 0 aromatic heterocycles. The van der Waals surface area contributed by atoms with Crippen LogP contribution in [-0.2, 0) is 14.8 Å². The van der Waals surface area contributed by atoms with E-state index in [0.29, 0.717) is 23.2 Å². The van der Waals surface area contributed by atoms with Gasteiger partial charge in [0.05, 0.1) is 10.9 Å². The van der Waals surface area contributed by atoms with Crippen molar-refractivity contribution in [2.75, 3.05) is 18.8 Å². The predicted octanol–water partition coefficient (Wildman–Crippen LogP) is 1.32. The first-order valence-electron chi connectivity index (χ1n) is 6.67. The zero-order valence-corrected chi connectivity index (χ0v) is 14.1. The van der Waals surface area contributed by atoms with E-state index in [2.05, 4.69) is 20.7 Å². The largest absolute Gasteiger partial charge is 0.399 e. The van der Waals surface area contributed by atoms with Gasteiger partial charge in [-0.05, 0) is 53.9 Å². The van der Waals surface area contributed by atoms with Crippen molar-refractivity contribution in [1.82, 2.24) is 9.62 Å². The number of rotatable bonds is 4. The van der Waals surface area contributed by atoms with Crippen molar-refractivity contribution in [1.29, 1.82) is 0 Å². The number of halogens is 1. The normalized spacial score (nSPS) is 17.0. The number of benzene rings is 1. The maximum absolute atomic E-state index is 12.3. The highest BCUT2D eigenvalue weighted by molar-refractivity contribution is 9.10. The van der Waals surface area contributed by atoms with E-state index >= 15 is 0 Å². The van der Waals surface area contributed by atoms with Crippen LogP contribution in [0.4, 0.5) is 5.69 Å². The van der Waals surface area contributed by atoms with Crippen molar-refractivity contribution in [3.63, 3.8) is 0 Å². The molecule has 6 nitrogen and oxygen atoms in total. The number of nitrogen functional groups attached to an aromatic ring is 1. The topological polar surface area (TPSA) is 92.5 Å². The highest BCUT2D eigenvalue weighted by atomic mass is 79.9. The summed E-state index contributed by atoms with van der Waals surface area (Å²) in [5.74, 6) is -0.192. The average Bonchev–Trinajstić information content (AvgIpc) is 2.90. The Kier molecular flexibility index (Phi) is 4.90. The quantitative estimate of drug-likeness (QED) is 0.776. The zero-order chi connectivity index (χ0) is 15.6. The summed E-state index contributed by atoms with van der Waals surface area (Å²) in [6.07, 6.45) is 1.93. The molecule has 0 aliphatic carbocycles. The molecular weight excluding hydrogens is 358 g/mol. The lowest BCUT2D eigenvalue weighted by molar-refractivity contribution is -0.131. The fraction of sp³-hybridized carbons (Fsp3) is 0.462. The van der Waals surface area contributed by atoms with Gasteiger partial charge in [0.2, 0.25) is 15.9 Å². The number of anilines is 1. The van der Waals surface area contributed by atoms with Gasteiger partial charge in [-0.1, -0.05) is 0 Å². The number of nitrogens with two attached hydrogens (primary N) is 1. The molecule has 21 heavy (non-hydrogen) atoms. The fourth-order valence-corrected chi connectivity index (χ4v) is 4.58. The number of amides is 1. The summed E-state index contributed by atoms with van der Waals surface area (Å²) in [7, 11) is -3.78. The van der Waals surface area contributed by atoms with E-state index in [9.17, 15) is 13.2 Å². The highest BCUT2D eigenvalue weighted by Gasteiger charge is 2.28. The van der Waals surface area contributed by atoms with E-state index in [-0.39, 0.29) is 10.8 Å². The Hall–Kier alpha value is -1.12. The molecule has 1 aliphatic heterocycles. The fourth-order valence-electron chi connectivity index (χ4n) is 2.29. The summed E-state index contributed by atoms with van der Waals surface area (Å²) in [6.45, 7) is 2.94. The first-order chi connectivity index (χ1) is 9.81. The number of likely N-dealkylation sites (tertiary alicyclic amines) is 1. The first-order valence-corrected chi connectivity index (χ1v) is 8.95. The highest BCUT2D eigenvalue weighted by Crippen LogP contribution is 2.24. The predicted molar refractivity (Wildman–Crippen MR) is 84.2 cm³/mol. The molecule has 1 amide bonds. The van der Waals surface area contributed by atoms with Gasteiger partial charge in [0.1, 0.15) is 0 Å². The van der Waals surface area contributed by atoms with Gasteiger partial charge in [-0.2, -0.15) is 4.72 Å². The van der Waals surface area contributed by atoms with Crippen molar-refractivity contribution >= 4 is 37.5 Å². The van der Waals surface area contributed by atoms with Crippen molar-refractivity contribution in [2.45, 2.75) is 30.7 Å². The van der Waals surface area contributed by atoms with Crippen LogP contribution in [0.2, 0.25) is 0 Å². The number of nitrogens with zero attached hydrogens (tertiary/aromatic N) is 1. The van der Waals surface area contributed by atoms with Crippen molar-refractivity contribution in [2.24, 2.45) is 0 Å². The number of sulfonamides is 1. The molecule has 1 aromatic carbocycles. The number of carbonyl (C=O) groups is 1. The van der Waals surface area contributed by atoms with Crippen LogP contribution in [0.5, 0.6) is 0 Å². The maximum Gasteiger partial charge on any atom is 0.242 e. The number of hydrogen-bond donors (Lipinski definition) is 2. The van der Waals surface area contributed by atoms with E-state index in [0.717, 1.165) is 12.8 Å². The molecule has 0 radical (unpaired) electrons. The minimum absolute atomic E-state index is 0.0674. The van der Waals surface area contributed by atoms with Gasteiger partial charge in [0.25, 0.3) is 0 Å². The van der Waals surface area contributed by atoms with E-state index in [4.69, 9.17) is 5.73 Å². The number of carbonyl (C=O) groups excluding carboxylic acids is 1. The molecule has 8 heteroatoms. The van der Waals surface area contributed by atoms with Crippen molar-refractivity contribution in [3.05, 3.63) is 22.7 Å². The van der Waals surface area contributed by atoms with Crippen LogP contribution in [0.3, 0.4) is 0 Å². The molecule has 0 spiro atoms. The second-order valence-corrected chi connectivity index (χ2v) is 7.60. The minimum atomic E-state index is -3.78. The smallest absolute Gasteiger partial charge is 0.242 e. The molecule has 0 bridgehead atoms. The van der Waals surface area contributed by atoms with Crippen LogP contribution < -0.4 is 10.5 Å². The molecule has 1 saturated heterocycles. The Morgan fingerprint density at radius 3 is 2.57 bits per heavy atom. The van der Waals surface area contributed by atoms with Crippen LogP contribution in [0.15, 0.2) is 27.6 Å². The van der Waals surface area contributed by atoms with Crippen LogP contribution in [0.25, 0.3) is 0 Å². The molecule has 1 aromatic rings. The molecule has 1 atom stereocenters. The van der Waals surface area contributed by atoms with Crippen LogP contribution >= 0.6 is 15.9 Å². The molecule has 2 rings (SSSR count). The van der Waals surface area contributed by atoms with Crippen LogP contribution in [0.1, 0.15) is 19.8 Å². The van der Waals surface area contributed by atoms with Gasteiger partial charge < -0.3 is 10.6 Å². The molecule has 1 heterocycles. The lowest BCUT2D eigenvalue weighted by Crippen LogP contribution is -2.45. The summed E-state index contributed by atoms with van der Waals surface area (Å²) in [4.78, 5) is 13.9. The van der Waals surface area contributed by atoms with Gasteiger partial charge in [-0.15, -0.1) is 0 Å². The van der Waals surface area contributed by atoms with Gasteiger partial charge in [-0.3, -0.25) is 4.79 Å². The third-order valence-electron chi connectivity index (χ3n) is 3.37. The Morgan fingerprint density at radius 2 is 2.00 bits per heavy atom. The van der Waals surface area contributed by atoms with Crippen molar-refractivity contribution in [3.8, 4) is 0 Å². The zero-order valence-electron chi connectivity index (χ0n) is 11.7. The van der Waals surface area contributed by atoms with Gasteiger partial charge >= 0.3 is 0 Å². The minimum Gasteiger partial charge on any atom is -0.399 e. The Bertz CT molecular complexity index is 642. The summed E-state index contributed by atoms with van der Waals surface area (Å²) < 4.78 is 27.5. The SMILES string of the molecule is CC(NS(=O)(=O)c1ccc(N)cc1Br)C(=O)N1CCCC1. The first kappa shape index (κ1) is 16.3. The standard InChI is InChI=1S/C13H18BrN3O3S/c1-9(13(18)17-6-2-3-7-17)16-21(19,20)12-5-4-10(15)8-11(12)14/h4-5,8-9,16H,2-3,6-7,15H2,1H3. The van der Waals surface area contributed by atoms with E-state index < -0.39 is 16.1 Å². The van der Waals surface area contributed by atoms with Crippen LogP contribution in [-0.4, -0.2) is 38.4 Å². The summed E-state index contributed by atoms with van der Waals surface area (Å²) in [5.41, 5.74) is 6.06. The summed E-state index contributed by atoms with van der Waals surface area (Å²) >= 11 is 3.18. The molecule has 1 aliphatic rings. The van der Waals surface area contributed by atoms with Gasteiger partial charge in [0.15, 0.2) is 0 Å². The second-order valence-electron chi connectivity index (χ2n) is 5.07. The van der Waals surface area contributed by atoms with E-state index in [1.807, 2.05) is 0 Å². The Labute approximate surface area is 132 Å². The second kappa shape index (κ2) is 6.33. The lowest BCUT2D eigenvalue weighted by atomic mass is 10.3. The Morgan fingerprint density at radius 1 is 1.38 bits per heavy atom. The molecule has 1 unspecified atom stereocenters. The molecule has 0 saturated carbocycles. The average molecular weight is 376 g/mol. The van der Waals surface area contributed by atoms with Gasteiger partial charge in [-0.25, -0.2) is 8.42 Å². The third-order valence-corrected chi connectivity index (χ3v) is 5.88. The van der Waals surface area contributed by atoms with E-state index in [1.54, 1.807) is 11.8 Å². The maximum atomic E-state index is 12.3. The number of nitrogens with one attached hydrogen (secondary N) is 1. The lowest BCUT2D eigenvalue weighted by Gasteiger charge is -2.21. The Balaban J connectivity index is 2.14. The molecular formula is C13H18BrN3O3S. The molecule has 1 fully saturated rings. The van der Waals surface area contributed by atoms with E-state index in [1.165, 1.54) is 18.2 Å². The number of hydrogen-bond acceptors (Lipinski definition) is 4. The summed E-state index contributed by atoms with van der Waals surface area (Å²) in [6, 6.07) is 3.64.